The summed E-state index contributed by atoms with van der Waals surface area (Å²) in [6.07, 6.45) is 0.569. The Kier molecular flexibility index (Phi) is 7.83. The second kappa shape index (κ2) is 10.8. The third-order valence-electron chi connectivity index (χ3n) is 4.32. The second-order valence-electron chi connectivity index (χ2n) is 6.58. The quantitative estimate of drug-likeness (QED) is 0.474. The van der Waals surface area contributed by atoms with Gasteiger partial charge in [0.25, 0.3) is 0 Å². The number of nitrogens with one attached hydrogen (secondary N) is 4. The SMILES string of the molecule is CCOC(=O)c1ccc(NC(=O)CSC2NNC(Cc3ccccc3)C(=O)N2)cc1. The van der Waals surface area contributed by atoms with Crippen LogP contribution in [0.4, 0.5) is 5.69 Å². The van der Waals surface area contributed by atoms with Gasteiger partial charge in [0.15, 0.2) is 0 Å². The van der Waals surface area contributed by atoms with Crippen molar-refractivity contribution in [2.24, 2.45) is 0 Å². The first-order chi connectivity index (χ1) is 14.5. The zero-order valence-corrected chi connectivity index (χ0v) is 17.3. The number of anilines is 1. The Bertz CT molecular complexity index is 876. The minimum atomic E-state index is -0.415. The number of benzene rings is 2. The fraction of sp³-hybridized carbons (Fsp3) is 0.286. The van der Waals surface area contributed by atoms with Gasteiger partial charge in [0.05, 0.1) is 17.9 Å². The summed E-state index contributed by atoms with van der Waals surface area (Å²) in [5, 5.41) is 5.62. The molecule has 0 saturated carbocycles. The zero-order chi connectivity index (χ0) is 21.3. The van der Waals surface area contributed by atoms with Gasteiger partial charge in [0.1, 0.15) is 11.5 Å². The summed E-state index contributed by atoms with van der Waals surface area (Å²) in [6, 6.07) is 15.9. The molecule has 30 heavy (non-hydrogen) atoms. The fourth-order valence-electron chi connectivity index (χ4n) is 2.84. The van der Waals surface area contributed by atoms with Crippen molar-refractivity contribution in [3.63, 3.8) is 0 Å². The van der Waals surface area contributed by atoms with E-state index in [2.05, 4.69) is 21.5 Å². The third-order valence-corrected chi connectivity index (χ3v) is 5.32. The Balaban J connectivity index is 1.41. The van der Waals surface area contributed by atoms with Crippen molar-refractivity contribution >= 4 is 35.2 Å². The highest BCUT2D eigenvalue weighted by atomic mass is 32.2. The molecular weight excluding hydrogens is 404 g/mol. The predicted molar refractivity (Wildman–Crippen MR) is 116 cm³/mol. The largest absolute Gasteiger partial charge is 0.462 e. The summed E-state index contributed by atoms with van der Waals surface area (Å²) in [5.74, 6) is -0.595. The highest BCUT2D eigenvalue weighted by Gasteiger charge is 2.27. The van der Waals surface area contributed by atoms with E-state index in [-0.39, 0.29) is 23.6 Å². The predicted octanol–water partition coefficient (Wildman–Crippen LogP) is 1.65. The highest BCUT2D eigenvalue weighted by Crippen LogP contribution is 2.14. The van der Waals surface area contributed by atoms with Crippen LogP contribution in [0.15, 0.2) is 54.6 Å². The second-order valence-corrected chi connectivity index (χ2v) is 7.67. The van der Waals surface area contributed by atoms with Crippen molar-refractivity contribution < 1.29 is 19.1 Å². The van der Waals surface area contributed by atoms with Crippen molar-refractivity contribution in [3.8, 4) is 0 Å². The van der Waals surface area contributed by atoms with E-state index in [1.165, 1.54) is 11.8 Å². The van der Waals surface area contributed by atoms with E-state index in [0.29, 0.717) is 24.3 Å². The Morgan fingerprint density at radius 1 is 1.07 bits per heavy atom. The maximum absolute atomic E-state index is 12.3. The van der Waals surface area contributed by atoms with Crippen LogP contribution in [0, 0.1) is 0 Å². The average molecular weight is 429 g/mol. The molecule has 8 nitrogen and oxygen atoms in total. The van der Waals surface area contributed by atoms with Crippen LogP contribution >= 0.6 is 11.8 Å². The number of esters is 1. The Morgan fingerprint density at radius 3 is 2.47 bits per heavy atom. The first-order valence-corrected chi connectivity index (χ1v) is 10.6. The van der Waals surface area contributed by atoms with Gasteiger partial charge in [0.2, 0.25) is 11.8 Å². The summed E-state index contributed by atoms with van der Waals surface area (Å²) in [7, 11) is 0. The number of hydrogen-bond donors (Lipinski definition) is 4. The molecule has 0 bridgehead atoms. The number of carbonyl (C=O) groups excluding carboxylic acids is 3. The van der Waals surface area contributed by atoms with Crippen LogP contribution in [-0.4, -0.2) is 41.7 Å². The molecule has 1 aliphatic rings. The van der Waals surface area contributed by atoms with Gasteiger partial charge in [-0.25, -0.2) is 15.6 Å². The van der Waals surface area contributed by atoms with Crippen molar-refractivity contribution in [2.45, 2.75) is 24.9 Å². The highest BCUT2D eigenvalue weighted by molar-refractivity contribution is 8.00. The van der Waals surface area contributed by atoms with Gasteiger partial charge in [0, 0.05) is 5.69 Å². The van der Waals surface area contributed by atoms with E-state index in [0.717, 1.165) is 5.56 Å². The molecule has 1 saturated heterocycles. The normalized spacial score (nSPS) is 18.4. The summed E-state index contributed by atoms with van der Waals surface area (Å²) in [4.78, 5) is 36.1. The molecule has 158 valence electrons. The van der Waals surface area contributed by atoms with Crippen LogP contribution in [-0.2, 0) is 20.7 Å². The van der Waals surface area contributed by atoms with Gasteiger partial charge in [-0.2, -0.15) is 0 Å². The van der Waals surface area contributed by atoms with Crippen LogP contribution in [0.3, 0.4) is 0 Å². The molecule has 1 fully saturated rings. The summed E-state index contributed by atoms with van der Waals surface area (Å²) in [5.41, 5.74) is 7.68. The van der Waals surface area contributed by atoms with Gasteiger partial charge >= 0.3 is 5.97 Å². The van der Waals surface area contributed by atoms with E-state index in [1.807, 2.05) is 30.3 Å². The molecule has 2 aromatic rings. The third kappa shape index (κ3) is 6.31. The zero-order valence-electron chi connectivity index (χ0n) is 16.5. The summed E-state index contributed by atoms with van der Waals surface area (Å²) >= 11 is 1.26. The van der Waals surface area contributed by atoms with Crippen LogP contribution in [0.5, 0.6) is 0 Å². The van der Waals surface area contributed by atoms with Gasteiger partial charge in [-0.15, -0.1) is 11.8 Å². The maximum Gasteiger partial charge on any atom is 0.338 e. The Hall–Kier alpha value is -2.88. The molecule has 2 amide bonds. The lowest BCUT2D eigenvalue weighted by Crippen LogP contribution is -2.64. The van der Waals surface area contributed by atoms with Crippen molar-refractivity contribution in [3.05, 3.63) is 65.7 Å². The van der Waals surface area contributed by atoms with Gasteiger partial charge in [-0.1, -0.05) is 30.3 Å². The molecule has 3 rings (SSSR count). The summed E-state index contributed by atoms with van der Waals surface area (Å²) in [6.45, 7) is 2.05. The molecule has 1 aliphatic heterocycles. The van der Waals surface area contributed by atoms with E-state index in [4.69, 9.17) is 4.74 Å². The molecule has 2 atom stereocenters. The monoisotopic (exact) mass is 428 g/mol. The standard InChI is InChI=1S/C21H24N4O4S/c1-2-29-20(28)15-8-10-16(11-9-15)22-18(26)13-30-21-23-19(27)17(24-25-21)12-14-6-4-3-5-7-14/h3-11,17,21,24-25H,2,12-13H2,1H3,(H,22,26)(H,23,27). The van der Waals surface area contributed by atoms with E-state index in [9.17, 15) is 14.4 Å². The lowest BCUT2D eigenvalue weighted by Gasteiger charge is -2.31. The number of carbonyl (C=O) groups is 3. The van der Waals surface area contributed by atoms with Gasteiger partial charge in [-0.3, -0.25) is 9.59 Å². The molecule has 2 unspecified atom stereocenters. The van der Waals surface area contributed by atoms with Crippen LogP contribution < -0.4 is 21.5 Å². The van der Waals surface area contributed by atoms with Gasteiger partial charge < -0.3 is 15.4 Å². The van der Waals surface area contributed by atoms with E-state index >= 15 is 0 Å². The average Bonchev–Trinajstić information content (AvgIpc) is 2.75. The Morgan fingerprint density at radius 2 is 1.80 bits per heavy atom. The number of amides is 2. The molecule has 0 aromatic heterocycles. The lowest BCUT2D eigenvalue weighted by atomic mass is 10.1. The number of hydrazine groups is 1. The first kappa shape index (κ1) is 21.8. The summed E-state index contributed by atoms with van der Waals surface area (Å²) < 4.78 is 4.93. The molecule has 0 radical (unpaired) electrons. The smallest absolute Gasteiger partial charge is 0.338 e. The molecule has 0 spiro atoms. The van der Waals surface area contributed by atoms with Crippen LogP contribution in [0.1, 0.15) is 22.8 Å². The Labute approximate surface area is 179 Å². The molecule has 9 heteroatoms. The molecule has 2 aromatic carbocycles. The van der Waals surface area contributed by atoms with Crippen LogP contribution in [0.25, 0.3) is 0 Å². The van der Waals surface area contributed by atoms with Gasteiger partial charge in [-0.05, 0) is 43.2 Å². The van der Waals surface area contributed by atoms with E-state index in [1.54, 1.807) is 31.2 Å². The molecular formula is C21H24N4O4S. The molecule has 0 aliphatic carbocycles. The van der Waals surface area contributed by atoms with Crippen LogP contribution in [0.2, 0.25) is 0 Å². The minimum absolute atomic E-state index is 0.120. The fourth-order valence-corrected chi connectivity index (χ4v) is 3.59. The topological polar surface area (TPSA) is 109 Å². The minimum Gasteiger partial charge on any atom is -0.462 e. The maximum atomic E-state index is 12.3. The first-order valence-electron chi connectivity index (χ1n) is 9.59. The lowest BCUT2D eigenvalue weighted by molar-refractivity contribution is -0.125. The van der Waals surface area contributed by atoms with Crippen molar-refractivity contribution in [2.75, 3.05) is 17.7 Å². The van der Waals surface area contributed by atoms with E-state index < -0.39 is 11.5 Å². The van der Waals surface area contributed by atoms with Crippen molar-refractivity contribution in [1.82, 2.24) is 16.2 Å². The number of ether oxygens (including phenoxy) is 1. The number of hydrogen-bond acceptors (Lipinski definition) is 7. The number of thioether (sulfide) groups is 1. The molecule has 1 heterocycles. The molecule has 4 N–H and O–H groups in total. The number of rotatable bonds is 8. The van der Waals surface area contributed by atoms with Crippen molar-refractivity contribution in [1.29, 1.82) is 0 Å².